The number of halogens is 1. The Morgan fingerprint density at radius 3 is 3.00 bits per heavy atom. The second-order valence-corrected chi connectivity index (χ2v) is 5.63. The predicted molar refractivity (Wildman–Crippen MR) is 87.9 cm³/mol. The van der Waals surface area contributed by atoms with Crippen LogP contribution < -0.4 is 0 Å². The summed E-state index contributed by atoms with van der Waals surface area (Å²) in [5.74, 6) is -0.112. The number of morpholine rings is 1. The molecule has 23 heavy (non-hydrogen) atoms. The minimum atomic E-state index is -0.191. The van der Waals surface area contributed by atoms with Crippen LogP contribution in [-0.2, 0) is 9.53 Å². The molecule has 0 saturated carbocycles. The Balaban J connectivity index is 2.00. The summed E-state index contributed by atoms with van der Waals surface area (Å²) in [7, 11) is 0. The van der Waals surface area contributed by atoms with Gasteiger partial charge in [-0.2, -0.15) is 0 Å². The average Bonchev–Trinajstić information content (AvgIpc) is 2.61. The van der Waals surface area contributed by atoms with Gasteiger partial charge in [-0.05, 0) is 29.8 Å². The number of carbonyl (C=O) groups excluding carboxylic acids is 1. The van der Waals surface area contributed by atoms with Crippen molar-refractivity contribution in [3.05, 3.63) is 60.0 Å². The van der Waals surface area contributed by atoms with E-state index in [2.05, 4.69) is 16.5 Å². The Labute approximate surface area is 139 Å². The smallest absolute Gasteiger partial charge is 0.246 e. The molecular formula is C17H16ClN3O2. The quantitative estimate of drug-likeness (QED) is 0.812. The Kier molecular flexibility index (Phi) is 4.69. The van der Waals surface area contributed by atoms with Crippen LogP contribution in [0.15, 0.2) is 49.4 Å². The number of hydrogen-bond acceptors (Lipinski definition) is 4. The van der Waals surface area contributed by atoms with E-state index in [1.807, 2.05) is 18.2 Å². The van der Waals surface area contributed by atoms with E-state index in [-0.39, 0.29) is 11.9 Å². The van der Waals surface area contributed by atoms with Crippen molar-refractivity contribution in [1.29, 1.82) is 0 Å². The summed E-state index contributed by atoms with van der Waals surface area (Å²) in [6.45, 7) is 5.05. The van der Waals surface area contributed by atoms with E-state index in [9.17, 15) is 4.79 Å². The van der Waals surface area contributed by atoms with E-state index in [1.54, 1.807) is 23.5 Å². The zero-order chi connectivity index (χ0) is 16.2. The molecule has 0 spiro atoms. The minimum Gasteiger partial charge on any atom is -0.377 e. The summed E-state index contributed by atoms with van der Waals surface area (Å²) in [6.07, 6.45) is 6.26. The van der Waals surface area contributed by atoms with E-state index in [0.29, 0.717) is 24.8 Å². The number of aromatic nitrogens is 2. The van der Waals surface area contributed by atoms with Crippen LogP contribution in [0, 0.1) is 0 Å². The summed E-state index contributed by atoms with van der Waals surface area (Å²) in [5, 5.41) is 0.583. The van der Waals surface area contributed by atoms with E-state index in [0.717, 1.165) is 16.8 Å². The van der Waals surface area contributed by atoms with E-state index in [1.165, 1.54) is 6.08 Å². The molecule has 3 rings (SSSR count). The first kappa shape index (κ1) is 15.6. The number of rotatable bonds is 3. The second-order valence-electron chi connectivity index (χ2n) is 5.19. The summed E-state index contributed by atoms with van der Waals surface area (Å²) < 4.78 is 5.55. The van der Waals surface area contributed by atoms with Crippen molar-refractivity contribution in [3.63, 3.8) is 0 Å². The van der Waals surface area contributed by atoms with Gasteiger partial charge in [-0.1, -0.05) is 18.2 Å². The number of amides is 1. The molecule has 0 aliphatic carbocycles. The van der Waals surface area contributed by atoms with Crippen LogP contribution in [-0.4, -0.2) is 40.5 Å². The number of benzene rings is 1. The first-order chi connectivity index (χ1) is 11.2. The van der Waals surface area contributed by atoms with Gasteiger partial charge in [0.2, 0.25) is 5.91 Å². The molecule has 1 aliphatic rings. The molecule has 2 heterocycles. The van der Waals surface area contributed by atoms with Crippen LogP contribution in [0.2, 0.25) is 5.02 Å². The fraction of sp³-hybridized carbons (Fsp3) is 0.235. The van der Waals surface area contributed by atoms with Gasteiger partial charge < -0.3 is 9.64 Å². The van der Waals surface area contributed by atoms with Gasteiger partial charge in [-0.3, -0.25) is 14.8 Å². The third-order valence-electron chi connectivity index (χ3n) is 3.75. The van der Waals surface area contributed by atoms with Gasteiger partial charge in [0.15, 0.2) is 0 Å². The van der Waals surface area contributed by atoms with Gasteiger partial charge in [0.05, 0.1) is 31.1 Å². The number of ether oxygens (including phenoxy) is 1. The Hall–Kier alpha value is -2.24. The van der Waals surface area contributed by atoms with Crippen molar-refractivity contribution < 1.29 is 9.53 Å². The molecule has 1 atom stereocenters. The van der Waals surface area contributed by atoms with Crippen LogP contribution in [0.5, 0.6) is 0 Å². The monoisotopic (exact) mass is 329 g/mol. The lowest BCUT2D eigenvalue weighted by molar-refractivity contribution is -0.134. The van der Waals surface area contributed by atoms with Crippen molar-refractivity contribution in [1.82, 2.24) is 14.9 Å². The van der Waals surface area contributed by atoms with Crippen molar-refractivity contribution >= 4 is 17.5 Å². The molecule has 0 radical (unpaired) electrons. The van der Waals surface area contributed by atoms with E-state index < -0.39 is 0 Å². The van der Waals surface area contributed by atoms with Gasteiger partial charge in [-0.15, -0.1) is 0 Å². The Morgan fingerprint density at radius 1 is 1.39 bits per heavy atom. The third kappa shape index (κ3) is 3.41. The zero-order valence-electron chi connectivity index (χ0n) is 12.5. The highest BCUT2D eigenvalue weighted by molar-refractivity contribution is 6.31. The maximum Gasteiger partial charge on any atom is 0.246 e. The largest absolute Gasteiger partial charge is 0.377 e. The Bertz CT molecular complexity index is 721. The SMILES string of the molecule is C=CC(=O)N1CCOCC1c1cc(Cl)cc(-c2cnccn2)c1. The molecule has 1 aromatic carbocycles. The van der Waals surface area contributed by atoms with E-state index >= 15 is 0 Å². The number of carbonyl (C=O) groups is 1. The molecule has 5 nitrogen and oxygen atoms in total. The van der Waals surface area contributed by atoms with Gasteiger partial charge in [-0.25, -0.2) is 0 Å². The summed E-state index contributed by atoms with van der Waals surface area (Å²) in [4.78, 5) is 22.2. The van der Waals surface area contributed by atoms with E-state index in [4.69, 9.17) is 16.3 Å². The summed E-state index contributed by atoms with van der Waals surface area (Å²) in [6, 6.07) is 5.46. The van der Waals surface area contributed by atoms with Gasteiger partial charge >= 0.3 is 0 Å². The lowest BCUT2D eigenvalue weighted by Gasteiger charge is -2.35. The molecule has 1 fully saturated rings. The molecule has 1 saturated heterocycles. The van der Waals surface area contributed by atoms with Crippen LogP contribution >= 0.6 is 11.6 Å². The first-order valence-corrected chi connectivity index (χ1v) is 7.64. The van der Waals surface area contributed by atoms with Gasteiger partial charge in [0.25, 0.3) is 0 Å². The number of nitrogens with zero attached hydrogens (tertiary/aromatic N) is 3. The summed E-state index contributed by atoms with van der Waals surface area (Å²) in [5.41, 5.74) is 2.50. The van der Waals surface area contributed by atoms with Gasteiger partial charge in [0.1, 0.15) is 0 Å². The van der Waals surface area contributed by atoms with Crippen LogP contribution in [0.25, 0.3) is 11.3 Å². The molecule has 1 aromatic heterocycles. The fourth-order valence-electron chi connectivity index (χ4n) is 2.66. The average molecular weight is 330 g/mol. The first-order valence-electron chi connectivity index (χ1n) is 7.26. The van der Waals surface area contributed by atoms with Crippen molar-refractivity contribution in [2.24, 2.45) is 0 Å². The highest BCUT2D eigenvalue weighted by Crippen LogP contribution is 2.30. The third-order valence-corrected chi connectivity index (χ3v) is 3.97. The molecule has 0 N–H and O–H groups in total. The maximum atomic E-state index is 12.1. The second kappa shape index (κ2) is 6.89. The highest BCUT2D eigenvalue weighted by atomic mass is 35.5. The van der Waals surface area contributed by atoms with Crippen LogP contribution in [0.4, 0.5) is 0 Å². The van der Waals surface area contributed by atoms with Crippen molar-refractivity contribution in [2.45, 2.75) is 6.04 Å². The minimum absolute atomic E-state index is 0.112. The molecule has 0 bridgehead atoms. The molecule has 118 valence electrons. The molecule has 1 unspecified atom stereocenters. The lowest BCUT2D eigenvalue weighted by atomic mass is 10.0. The highest BCUT2D eigenvalue weighted by Gasteiger charge is 2.27. The summed E-state index contributed by atoms with van der Waals surface area (Å²) >= 11 is 6.27. The molecule has 1 aliphatic heterocycles. The zero-order valence-corrected chi connectivity index (χ0v) is 13.2. The van der Waals surface area contributed by atoms with Crippen LogP contribution in [0.1, 0.15) is 11.6 Å². The molecule has 6 heteroatoms. The lowest BCUT2D eigenvalue weighted by Crippen LogP contribution is -2.42. The molecule has 2 aromatic rings. The predicted octanol–water partition coefficient (Wildman–Crippen LogP) is 2.88. The topological polar surface area (TPSA) is 55.3 Å². The van der Waals surface area contributed by atoms with Crippen LogP contribution in [0.3, 0.4) is 0 Å². The van der Waals surface area contributed by atoms with Crippen molar-refractivity contribution in [2.75, 3.05) is 19.8 Å². The van der Waals surface area contributed by atoms with Crippen molar-refractivity contribution in [3.8, 4) is 11.3 Å². The molecule has 1 amide bonds. The standard InChI is InChI=1S/C17H16ClN3O2/c1-2-17(22)21-5-6-23-11-16(21)13-7-12(8-14(18)9-13)15-10-19-3-4-20-15/h2-4,7-10,16H,1,5-6,11H2. The normalized spacial score (nSPS) is 17.8. The maximum absolute atomic E-state index is 12.1. The number of hydrogen-bond donors (Lipinski definition) is 0. The molecular weight excluding hydrogens is 314 g/mol. The van der Waals surface area contributed by atoms with Gasteiger partial charge in [0, 0.05) is 29.5 Å². The Morgan fingerprint density at radius 2 is 2.26 bits per heavy atom. The fourth-order valence-corrected chi connectivity index (χ4v) is 2.91.